The maximum Gasteiger partial charge on any atom is 0.210 e. The van der Waals surface area contributed by atoms with Gasteiger partial charge in [0.15, 0.2) is 10.8 Å². The zero-order valence-corrected chi connectivity index (χ0v) is 13.6. The molecule has 0 aliphatic rings. The Labute approximate surface area is 149 Å². The van der Waals surface area contributed by atoms with Gasteiger partial charge in [-0.15, -0.1) is 4.91 Å². The normalized spacial score (nSPS) is 11.4. The second kappa shape index (κ2) is 7.43. The SMILES string of the molecule is O=NC(c1ccccc1)(c1ccccc1)c1ccccc1N=N[N+](=O)[O-]. The molecule has 0 N–H and O–H groups in total. The van der Waals surface area contributed by atoms with Gasteiger partial charge in [0.2, 0.25) is 5.69 Å². The summed E-state index contributed by atoms with van der Waals surface area (Å²) in [6.07, 6.45) is 0. The van der Waals surface area contributed by atoms with E-state index in [2.05, 4.69) is 15.5 Å². The van der Waals surface area contributed by atoms with Crippen LogP contribution in [0, 0.1) is 15.0 Å². The molecule has 0 unspecified atom stereocenters. The molecular formula is C19H14N4O3. The highest BCUT2D eigenvalue weighted by Gasteiger charge is 2.41. The summed E-state index contributed by atoms with van der Waals surface area (Å²) in [7, 11) is 0. The summed E-state index contributed by atoms with van der Waals surface area (Å²) >= 11 is 0. The monoisotopic (exact) mass is 346 g/mol. The minimum absolute atomic E-state index is 0.205. The number of hydrogen-bond acceptors (Lipinski definition) is 5. The van der Waals surface area contributed by atoms with Gasteiger partial charge < -0.3 is 10.1 Å². The second-order valence-electron chi connectivity index (χ2n) is 5.48. The molecule has 0 aliphatic heterocycles. The molecule has 7 nitrogen and oxygen atoms in total. The lowest BCUT2D eigenvalue weighted by Crippen LogP contribution is -2.26. The van der Waals surface area contributed by atoms with Crippen molar-refractivity contribution in [2.45, 2.75) is 5.54 Å². The lowest BCUT2D eigenvalue weighted by Gasteiger charge is -2.27. The van der Waals surface area contributed by atoms with Gasteiger partial charge in [-0.3, -0.25) is 0 Å². The van der Waals surface area contributed by atoms with Gasteiger partial charge in [-0.25, -0.2) is 0 Å². The number of hydrogen-bond donors (Lipinski definition) is 0. The maximum absolute atomic E-state index is 12.3. The predicted molar refractivity (Wildman–Crippen MR) is 96.5 cm³/mol. The number of nitrogens with zero attached hydrogens (tertiary/aromatic N) is 4. The van der Waals surface area contributed by atoms with Crippen molar-refractivity contribution in [3.8, 4) is 0 Å². The summed E-state index contributed by atoms with van der Waals surface area (Å²) in [4.78, 5) is 22.9. The van der Waals surface area contributed by atoms with Crippen LogP contribution in [0.5, 0.6) is 0 Å². The van der Waals surface area contributed by atoms with Crippen molar-refractivity contribution in [3.05, 3.63) is 117 Å². The lowest BCUT2D eigenvalue weighted by molar-refractivity contribution is -0.493. The van der Waals surface area contributed by atoms with Crippen LogP contribution in [0.4, 0.5) is 5.69 Å². The highest BCUT2D eigenvalue weighted by molar-refractivity contribution is 5.59. The Morgan fingerprint density at radius 2 is 1.27 bits per heavy atom. The zero-order valence-electron chi connectivity index (χ0n) is 13.6. The summed E-state index contributed by atoms with van der Waals surface area (Å²) in [6.45, 7) is 0. The lowest BCUT2D eigenvalue weighted by atomic mass is 9.77. The number of nitro groups is 1. The van der Waals surface area contributed by atoms with Gasteiger partial charge in [-0.05, 0) is 22.4 Å². The van der Waals surface area contributed by atoms with Crippen molar-refractivity contribution in [3.63, 3.8) is 0 Å². The summed E-state index contributed by atoms with van der Waals surface area (Å²) in [5.74, 6) is 0. The van der Waals surface area contributed by atoms with Gasteiger partial charge in [0.05, 0.1) is 10.1 Å². The molecule has 0 aliphatic carbocycles. The minimum Gasteiger partial charge on any atom is -0.337 e. The first-order valence-corrected chi connectivity index (χ1v) is 7.79. The van der Waals surface area contributed by atoms with Gasteiger partial charge in [0, 0.05) is 5.56 Å². The molecule has 0 radical (unpaired) electrons. The first-order valence-electron chi connectivity index (χ1n) is 7.79. The van der Waals surface area contributed by atoms with E-state index in [-0.39, 0.29) is 5.69 Å². The molecule has 26 heavy (non-hydrogen) atoms. The molecule has 3 aromatic carbocycles. The third-order valence-electron chi connectivity index (χ3n) is 4.04. The second-order valence-corrected chi connectivity index (χ2v) is 5.48. The highest BCUT2D eigenvalue weighted by atomic mass is 16.7. The van der Waals surface area contributed by atoms with E-state index in [0.29, 0.717) is 16.7 Å². The quantitative estimate of drug-likeness (QED) is 0.206. The highest BCUT2D eigenvalue weighted by Crippen LogP contribution is 2.44. The number of rotatable bonds is 6. The fraction of sp³-hybridized carbons (Fsp3) is 0.0526. The van der Waals surface area contributed by atoms with Crippen molar-refractivity contribution >= 4 is 5.69 Å². The molecule has 3 aromatic rings. The van der Waals surface area contributed by atoms with Crippen LogP contribution < -0.4 is 0 Å². The molecule has 128 valence electrons. The summed E-state index contributed by atoms with van der Waals surface area (Å²) in [5, 5.41) is 19.9. The van der Waals surface area contributed by atoms with E-state index >= 15 is 0 Å². The van der Waals surface area contributed by atoms with Crippen LogP contribution in [-0.2, 0) is 5.54 Å². The fourth-order valence-corrected chi connectivity index (χ4v) is 2.94. The van der Waals surface area contributed by atoms with Crippen LogP contribution in [0.1, 0.15) is 16.7 Å². The van der Waals surface area contributed by atoms with Gasteiger partial charge >= 0.3 is 0 Å². The Hall–Kier alpha value is -3.74. The number of benzene rings is 3. The van der Waals surface area contributed by atoms with Crippen molar-refractivity contribution in [2.75, 3.05) is 0 Å². The van der Waals surface area contributed by atoms with Crippen LogP contribution >= 0.6 is 0 Å². The third-order valence-corrected chi connectivity index (χ3v) is 4.04. The maximum atomic E-state index is 12.3. The minimum atomic E-state index is -1.41. The van der Waals surface area contributed by atoms with E-state index in [1.165, 1.54) is 0 Å². The third kappa shape index (κ3) is 3.10. The van der Waals surface area contributed by atoms with Gasteiger partial charge in [-0.2, -0.15) is 0 Å². The molecule has 7 heteroatoms. The van der Waals surface area contributed by atoms with Gasteiger partial charge in [0.1, 0.15) is 0 Å². The molecule has 0 saturated heterocycles. The predicted octanol–water partition coefficient (Wildman–Crippen LogP) is 5.02. The Bertz CT molecular complexity index is 904. The van der Waals surface area contributed by atoms with Crippen molar-refractivity contribution < 1.29 is 5.03 Å². The first-order chi connectivity index (χ1) is 12.7. The molecule has 0 heterocycles. The van der Waals surface area contributed by atoms with Crippen molar-refractivity contribution in [1.82, 2.24) is 0 Å². The molecule has 3 rings (SSSR count). The van der Waals surface area contributed by atoms with Crippen LogP contribution in [0.15, 0.2) is 100 Å². The summed E-state index contributed by atoms with van der Waals surface area (Å²) in [6, 6.07) is 24.7. The van der Waals surface area contributed by atoms with Crippen LogP contribution in [0.2, 0.25) is 0 Å². The molecule has 0 bridgehead atoms. The van der Waals surface area contributed by atoms with E-state index in [1.54, 1.807) is 72.8 Å². The van der Waals surface area contributed by atoms with Crippen molar-refractivity contribution in [1.29, 1.82) is 0 Å². The molecule has 0 aromatic heterocycles. The average molecular weight is 346 g/mol. The molecule has 0 amide bonds. The summed E-state index contributed by atoms with van der Waals surface area (Å²) in [5.41, 5.74) is 0.471. The smallest absolute Gasteiger partial charge is 0.210 e. The van der Waals surface area contributed by atoms with E-state index in [0.717, 1.165) is 0 Å². The molecule has 0 saturated carbocycles. The van der Waals surface area contributed by atoms with E-state index < -0.39 is 10.6 Å². The largest absolute Gasteiger partial charge is 0.337 e. The van der Waals surface area contributed by atoms with Gasteiger partial charge in [-0.1, -0.05) is 78.9 Å². The topological polar surface area (TPSA) is 97.3 Å². The van der Waals surface area contributed by atoms with E-state index in [1.807, 2.05) is 12.1 Å². The first kappa shape index (κ1) is 17.1. The van der Waals surface area contributed by atoms with E-state index in [9.17, 15) is 15.0 Å². The van der Waals surface area contributed by atoms with Crippen LogP contribution in [-0.4, -0.2) is 5.03 Å². The molecule has 0 fully saturated rings. The fourth-order valence-electron chi connectivity index (χ4n) is 2.94. The molecule has 0 atom stereocenters. The Morgan fingerprint density at radius 1 is 0.769 bits per heavy atom. The standard InChI is InChI=1S/C19H14N4O3/c24-21-19(15-9-3-1-4-10-15,16-11-5-2-6-12-16)17-13-7-8-14-18(17)20-22-23(25)26/h1-14H. The van der Waals surface area contributed by atoms with E-state index in [4.69, 9.17) is 0 Å². The molecule has 0 spiro atoms. The number of nitroso groups, excluding NO2 is 1. The Balaban J connectivity index is 2.33. The van der Waals surface area contributed by atoms with Crippen LogP contribution in [0.25, 0.3) is 0 Å². The van der Waals surface area contributed by atoms with Crippen LogP contribution in [0.3, 0.4) is 0 Å². The zero-order chi connectivity index (χ0) is 18.4. The molecular weight excluding hydrogens is 332 g/mol. The Kier molecular flexibility index (Phi) is 4.89. The van der Waals surface area contributed by atoms with Gasteiger partial charge in [0.25, 0.3) is 0 Å². The average Bonchev–Trinajstić information content (AvgIpc) is 2.70. The Morgan fingerprint density at radius 3 is 1.77 bits per heavy atom. The van der Waals surface area contributed by atoms with Crippen molar-refractivity contribution in [2.24, 2.45) is 15.5 Å². The summed E-state index contributed by atoms with van der Waals surface area (Å²) < 4.78 is 0.